The fourth-order valence-corrected chi connectivity index (χ4v) is 1.63. The van der Waals surface area contributed by atoms with Crippen molar-refractivity contribution < 1.29 is 0 Å². The van der Waals surface area contributed by atoms with Gasteiger partial charge in [-0.3, -0.25) is 0 Å². The lowest BCUT2D eigenvalue weighted by Gasteiger charge is -2.06. The summed E-state index contributed by atoms with van der Waals surface area (Å²) in [6.07, 6.45) is 2.82. The predicted octanol–water partition coefficient (Wildman–Crippen LogP) is 3.01. The number of aryl methyl sites for hydroxylation is 2. The zero-order chi connectivity index (χ0) is 10.7. The number of rotatable bonds is 2. The molecule has 0 aliphatic carbocycles. The summed E-state index contributed by atoms with van der Waals surface area (Å²) in [5, 5.41) is 0. The van der Waals surface area contributed by atoms with E-state index in [4.69, 9.17) is 0 Å². The maximum atomic E-state index is 4.44. The van der Waals surface area contributed by atoms with E-state index < -0.39 is 0 Å². The second-order valence-electron chi connectivity index (χ2n) is 3.53. The molecular weight excluding hydrogens is 184 g/mol. The summed E-state index contributed by atoms with van der Waals surface area (Å²) >= 11 is 0. The molecule has 2 nitrogen and oxygen atoms in total. The highest BCUT2D eigenvalue weighted by Gasteiger charge is 2.04. The van der Waals surface area contributed by atoms with Crippen molar-refractivity contribution in [3.8, 4) is 11.4 Å². The molecule has 1 aromatic heterocycles. The molecule has 0 fully saturated rings. The van der Waals surface area contributed by atoms with E-state index in [0.717, 1.165) is 23.5 Å². The normalized spacial score (nSPS) is 10.3. The van der Waals surface area contributed by atoms with E-state index in [9.17, 15) is 0 Å². The van der Waals surface area contributed by atoms with Crippen molar-refractivity contribution in [1.82, 2.24) is 9.97 Å². The van der Waals surface area contributed by atoms with Crippen molar-refractivity contribution in [2.45, 2.75) is 20.3 Å². The summed E-state index contributed by atoms with van der Waals surface area (Å²) < 4.78 is 0. The third-order valence-corrected chi connectivity index (χ3v) is 2.43. The molecule has 0 spiro atoms. The lowest BCUT2D eigenvalue weighted by molar-refractivity contribution is 1.08. The fourth-order valence-electron chi connectivity index (χ4n) is 1.63. The van der Waals surface area contributed by atoms with Gasteiger partial charge in [0.1, 0.15) is 0 Å². The quantitative estimate of drug-likeness (QED) is 0.741. The number of hydrogen-bond acceptors (Lipinski definition) is 2. The summed E-state index contributed by atoms with van der Waals surface area (Å²) in [5.74, 6) is 0.826. The fraction of sp³-hybridized carbons (Fsp3) is 0.231. The van der Waals surface area contributed by atoms with Crippen LogP contribution in [0.25, 0.3) is 11.4 Å². The van der Waals surface area contributed by atoms with E-state index in [1.807, 2.05) is 25.3 Å². The van der Waals surface area contributed by atoms with Crippen LogP contribution in [0, 0.1) is 6.92 Å². The number of aromatic nitrogens is 2. The van der Waals surface area contributed by atoms with Crippen LogP contribution in [0.3, 0.4) is 0 Å². The highest BCUT2D eigenvalue weighted by atomic mass is 14.9. The van der Waals surface area contributed by atoms with Crippen LogP contribution in [0.2, 0.25) is 0 Å². The van der Waals surface area contributed by atoms with Gasteiger partial charge in [-0.15, -0.1) is 0 Å². The van der Waals surface area contributed by atoms with Crippen LogP contribution in [0.5, 0.6) is 0 Å². The van der Waals surface area contributed by atoms with Gasteiger partial charge in [0.2, 0.25) is 0 Å². The lowest BCUT2D eigenvalue weighted by Crippen LogP contribution is -1.94. The predicted molar refractivity (Wildman–Crippen MR) is 61.6 cm³/mol. The Balaban J connectivity index is 2.53. The minimum atomic E-state index is 0.826. The summed E-state index contributed by atoms with van der Waals surface area (Å²) in [7, 11) is 0. The average molecular weight is 198 g/mol. The Morgan fingerprint density at radius 1 is 1.13 bits per heavy atom. The zero-order valence-electron chi connectivity index (χ0n) is 9.07. The third kappa shape index (κ3) is 2.04. The van der Waals surface area contributed by atoms with Gasteiger partial charge >= 0.3 is 0 Å². The van der Waals surface area contributed by atoms with Crippen LogP contribution in [-0.4, -0.2) is 9.97 Å². The SMILES string of the molecule is CCc1ccccc1-c1nccc(C)n1. The third-order valence-electron chi connectivity index (χ3n) is 2.43. The summed E-state index contributed by atoms with van der Waals surface area (Å²) in [4.78, 5) is 8.75. The monoisotopic (exact) mass is 198 g/mol. The van der Waals surface area contributed by atoms with Crippen LogP contribution in [0.15, 0.2) is 36.5 Å². The molecule has 0 saturated heterocycles. The molecule has 0 radical (unpaired) electrons. The van der Waals surface area contributed by atoms with E-state index in [2.05, 4.69) is 35.1 Å². The molecule has 2 aromatic rings. The lowest BCUT2D eigenvalue weighted by atomic mass is 10.0. The van der Waals surface area contributed by atoms with Crippen LogP contribution in [0.4, 0.5) is 0 Å². The number of nitrogens with zero attached hydrogens (tertiary/aromatic N) is 2. The molecule has 0 saturated carbocycles. The maximum absolute atomic E-state index is 4.44. The molecular formula is C13H14N2. The second kappa shape index (κ2) is 4.22. The van der Waals surface area contributed by atoms with E-state index in [1.165, 1.54) is 5.56 Å². The molecule has 0 aliphatic rings. The largest absolute Gasteiger partial charge is 0.237 e. The Kier molecular flexibility index (Phi) is 2.77. The van der Waals surface area contributed by atoms with Gasteiger partial charge in [-0.05, 0) is 25.0 Å². The van der Waals surface area contributed by atoms with Crippen LogP contribution >= 0.6 is 0 Å². The molecule has 76 valence electrons. The first-order valence-electron chi connectivity index (χ1n) is 5.19. The highest BCUT2D eigenvalue weighted by Crippen LogP contribution is 2.20. The Labute approximate surface area is 90.0 Å². The van der Waals surface area contributed by atoms with Crippen molar-refractivity contribution in [3.05, 3.63) is 47.8 Å². The Morgan fingerprint density at radius 2 is 1.93 bits per heavy atom. The molecule has 0 unspecified atom stereocenters. The zero-order valence-corrected chi connectivity index (χ0v) is 9.07. The van der Waals surface area contributed by atoms with E-state index >= 15 is 0 Å². The van der Waals surface area contributed by atoms with Crippen LogP contribution in [-0.2, 0) is 6.42 Å². The van der Waals surface area contributed by atoms with Gasteiger partial charge in [-0.1, -0.05) is 31.2 Å². The van der Waals surface area contributed by atoms with Gasteiger partial charge in [0.05, 0.1) is 0 Å². The Bertz CT molecular complexity index is 464. The Hall–Kier alpha value is -1.70. The van der Waals surface area contributed by atoms with Crippen molar-refractivity contribution >= 4 is 0 Å². The minimum absolute atomic E-state index is 0.826. The number of hydrogen-bond donors (Lipinski definition) is 0. The van der Waals surface area contributed by atoms with Gasteiger partial charge in [0.15, 0.2) is 5.82 Å². The van der Waals surface area contributed by atoms with Crippen molar-refractivity contribution in [2.24, 2.45) is 0 Å². The number of benzene rings is 1. The molecule has 1 aromatic carbocycles. The molecule has 0 aliphatic heterocycles. The summed E-state index contributed by atoms with van der Waals surface area (Å²) in [5.41, 5.74) is 3.44. The minimum Gasteiger partial charge on any atom is -0.237 e. The average Bonchev–Trinajstić information content (AvgIpc) is 2.29. The molecule has 2 rings (SSSR count). The van der Waals surface area contributed by atoms with E-state index in [0.29, 0.717) is 0 Å². The molecule has 0 N–H and O–H groups in total. The van der Waals surface area contributed by atoms with E-state index in [-0.39, 0.29) is 0 Å². The van der Waals surface area contributed by atoms with Gasteiger partial charge in [0.25, 0.3) is 0 Å². The van der Waals surface area contributed by atoms with Gasteiger partial charge in [-0.2, -0.15) is 0 Å². The molecule has 0 amide bonds. The topological polar surface area (TPSA) is 25.8 Å². The van der Waals surface area contributed by atoms with Gasteiger partial charge in [0, 0.05) is 17.5 Å². The van der Waals surface area contributed by atoms with Gasteiger partial charge < -0.3 is 0 Å². The smallest absolute Gasteiger partial charge is 0.159 e. The Morgan fingerprint density at radius 3 is 2.67 bits per heavy atom. The first-order valence-corrected chi connectivity index (χ1v) is 5.19. The summed E-state index contributed by atoms with van der Waals surface area (Å²) in [6, 6.07) is 10.2. The molecule has 0 bridgehead atoms. The molecule has 1 heterocycles. The first kappa shape index (κ1) is 9.84. The molecule has 2 heteroatoms. The molecule has 0 atom stereocenters. The molecule has 15 heavy (non-hydrogen) atoms. The standard InChI is InChI=1S/C13H14N2/c1-3-11-6-4-5-7-12(11)13-14-9-8-10(2)15-13/h4-9H,3H2,1-2H3. The van der Waals surface area contributed by atoms with E-state index in [1.54, 1.807) is 0 Å². The van der Waals surface area contributed by atoms with Crippen molar-refractivity contribution in [1.29, 1.82) is 0 Å². The maximum Gasteiger partial charge on any atom is 0.159 e. The van der Waals surface area contributed by atoms with Crippen LogP contribution < -0.4 is 0 Å². The summed E-state index contributed by atoms with van der Waals surface area (Å²) in [6.45, 7) is 4.13. The first-order chi connectivity index (χ1) is 7.31. The highest BCUT2D eigenvalue weighted by molar-refractivity contribution is 5.59. The van der Waals surface area contributed by atoms with Crippen LogP contribution in [0.1, 0.15) is 18.2 Å². The second-order valence-corrected chi connectivity index (χ2v) is 3.53. The van der Waals surface area contributed by atoms with Gasteiger partial charge in [-0.25, -0.2) is 9.97 Å². The van der Waals surface area contributed by atoms with Crippen molar-refractivity contribution in [3.63, 3.8) is 0 Å². The van der Waals surface area contributed by atoms with Crippen molar-refractivity contribution in [2.75, 3.05) is 0 Å².